The zero-order valence-electron chi connectivity index (χ0n) is 19.7. The fraction of sp³-hybridized carbons (Fsp3) is 0.783. The van der Waals surface area contributed by atoms with Crippen LogP contribution in [0.3, 0.4) is 0 Å². The molecule has 4 unspecified atom stereocenters. The van der Waals surface area contributed by atoms with Gasteiger partial charge in [-0.1, -0.05) is 0 Å². The molecular formula is C23H36N4O6. The Bertz CT molecular complexity index is 759. The van der Waals surface area contributed by atoms with Gasteiger partial charge in [-0.3, -0.25) is 24.1 Å². The molecule has 1 N–H and O–H groups in total. The number of aldehydes is 1. The third-order valence-corrected chi connectivity index (χ3v) is 6.87. The number of hydrogen-bond acceptors (Lipinski definition) is 7. The minimum Gasteiger partial charge on any atom is -0.464 e. The summed E-state index contributed by atoms with van der Waals surface area (Å²) in [5.41, 5.74) is 0. The maximum Gasteiger partial charge on any atom is 0.323 e. The summed E-state index contributed by atoms with van der Waals surface area (Å²) in [6.45, 7) is 3.38. The number of esters is 1. The molecule has 3 rings (SSSR count). The van der Waals surface area contributed by atoms with E-state index >= 15 is 0 Å². The maximum atomic E-state index is 13.4. The largest absolute Gasteiger partial charge is 0.464 e. The van der Waals surface area contributed by atoms with Crippen molar-refractivity contribution in [3.63, 3.8) is 0 Å². The molecule has 0 bridgehead atoms. The molecule has 3 aliphatic rings. The average Bonchev–Trinajstić information content (AvgIpc) is 3.47. The first-order chi connectivity index (χ1) is 15.8. The van der Waals surface area contributed by atoms with Crippen LogP contribution in [0.25, 0.3) is 0 Å². The summed E-state index contributed by atoms with van der Waals surface area (Å²) >= 11 is 0. The van der Waals surface area contributed by atoms with Gasteiger partial charge in [-0.15, -0.1) is 0 Å². The molecule has 0 radical (unpaired) electrons. The van der Waals surface area contributed by atoms with Crippen LogP contribution < -0.4 is 5.32 Å². The van der Waals surface area contributed by atoms with E-state index in [0.717, 1.165) is 32.2 Å². The molecule has 10 nitrogen and oxygen atoms in total. The van der Waals surface area contributed by atoms with Crippen LogP contribution in [0, 0.1) is 0 Å². The molecule has 0 aromatic heterocycles. The fourth-order valence-corrected chi connectivity index (χ4v) is 5.02. The van der Waals surface area contributed by atoms with Crippen molar-refractivity contribution in [2.45, 2.75) is 82.5 Å². The van der Waals surface area contributed by atoms with Crippen molar-refractivity contribution in [1.82, 2.24) is 20.0 Å². The standard InChI is InChI=1S/C23H36N4O6/c1-16(15-28)24-21(30)17-7-3-4-12-27(17)22(31)18-8-6-13-26(18)20(29)10-14-33-23(32)19-9-5-11-25(19)2/h15-19H,3-14H2,1-2H3,(H,24,30). The Morgan fingerprint density at radius 2 is 1.61 bits per heavy atom. The van der Waals surface area contributed by atoms with E-state index in [1.54, 1.807) is 16.7 Å². The van der Waals surface area contributed by atoms with Crippen LogP contribution in [-0.2, 0) is 28.7 Å². The molecule has 33 heavy (non-hydrogen) atoms. The number of piperidine rings is 1. The van der Waals surface area contributed by atoms with Gasteiger partial charge in [0.1, 0.15) is 31.0 Å². The first-order valence-electron chi connectivity index (χ1n) is 12.1. The number of carbonyl (C=O) groups is 5. The number of likely N-dealkylation sites (N-methyl/N-ethyl adjacent to an activating group) is 1. The highest BCUT2D eigenvalue weighted by Gasteiger charge is 2.41. The molecule has 0 spiro atoms. The lowest BCUT2D eigenvalue weighted by atomic mass is 9.99. The smallest absolute Gasteiger partial charge is 0.323 e. The first-order valence-corrected chi connectivity index (χ1v) is 12.1. The highest BCUT2D eigenvalue weighted by molar-refractivity contribution is 5.93. The summed E-state index contributed by atoms with van der Waals surface area (Å²) < 4.78 is 5.33. The van der Waals surface area contributed by atoms with Crippen molar-refractivity contribution in [2.75, 3.05) is 33.3 Å². The second kappa shape index (κ2) is 11.6. The Balaban J connectivity index is 1.55. The second-order valence-electron chi connectivity index (χ2n) is 9.28. The third kappa shape index (κ3) is 6.10. The van der Waals surface area contributed by atoms with Crippen LogP contribution >= 0.6 is 0 Å². The predicted molar refractivity (Wildman–Crippen MR) is 119 cm³/mol. The van der Waals surface area contributed by atoms with Crippen molar-refractivity contribution in [1.29, 1.82) is 0 Å². The molecule has 184 valence electrons. The Morgan fingerprint density at radius 1 is 0.939 bits per heavy atom. The summed E-state index contributed by atoms with van der Waals surface area (Å²) in [5.74, 6) is -1.07. The molecule has 3 heterocycles. The molecule has 10 heteroatoms. The molecule has 4 atom stereocenters. The van der Waals surface area contributed by atoms with Crippen molar-refractivity contribution in [2.24, 2.45) is 0 Å². The minimum absolute atomic E-state index is 0.00224. The van der Waals surface area contributed by atoms with Crippen LogP contribution in [0.5, 0.6) is 0 Å². The van der Waals surface area contributed by atoms with Crippen LogP contribution in [0.1, 0.15) is 58.3 Å². The number of nitrogens with one attached hydrogen (secondary N) is 1. The zero-order chi connectivity index (χ0) is 24.0. The van der Waals surface area contributed by atoms with Crippen molar-refractivity contribution in [3.8, 4) is 0 Å². The van der Waals surface area contributed by atoms with E-state index in [1.165, 1.54) is 0 Å². The van der Waals surface area contributed by atoms with E-state index < -0.39 is 18.1 Å². The lowest BCUT2D eigenvalue weighted by Crippen LogP contribution is -2.57. The summed E-state index contributed by atoms with van der Waals surface area (Å²) in [6, 6.07) is -2.10. The van der Waals surface area contributed by atoms with Gasteiger partial charge in [-0.2, -0.15) is 0 Å². The van der Waals surface area contributed by atoms with E-state index in [0.29, 0.717) is 38.6 Å². The first kappa shape index (κ1) is 25.1. The lowest BCUT2D eigenvalue weighted by molar-refractivity contribution is -0.152. The van der Waals surface area contributed by atoms with Crippen molar-refractivity contribution in [3.05, 3.63) is 0 Å². The summed E-state index contributed by atoms with van der Waals surface area (Å²) in [7, 11) is 1.89. The SMILES string of the molecule is CC(C=O)NC(=O)C1CCCCN1C(=O)C1CCCN1C(=O)CCOC(=O)C1CCCN1C. The topological polar surface area (TPSA) is 116 Å². The van der Waals surface area contributed by atoms with E-state index in [2.05, 4.69) is 5.32 Å². The highest BCUT2D eigenvalue weighted by Crippen LogP contribution is 2.25. The highest BCUT2D eigenvalue weighted by atomic mass is 16.5. The lowest BCUT2D eigenvalue weighted by Gasteiger charge is -2.38. The number of nitrogens with zero attached hydrogens (tertiary/aromatic N) is 3. The third-order valence-electron chi connectivity index (χ3n) is 6.87. The number of hydrogen-bond donors (Lipinski definition) is 1. The van der Waals surface area contributed by atoms with Gasteiger partial charge >= 0.3 is 5.97 Å². The number of amides is 3. The van der Waals surface area contributed by atoms with Crippen molar-refractivity contribution < 1.29 is 28.7 Å². The van der Waals surface area contributed by atoms with E-state index in [1.807, 2.05) is 11.9 Å². The van der Waals surface area contributed by atoms with E-state index in [9.17, 15) is 24.0 Å². The normalized spacial score (nSPS) is 26.7. The van der Waals surface area contributed by atoms with Gasteiger partial charge in [0.25, 0.3) is 0 Å². The number of likely N-dealkylation sites (tertiary alicyclic amines) is 3. The molecule has 0 aromatic carbocycles. The Labute approximate surface area is 195 Å². The summed E-state index contributed by atoms with van der Waals surface area (Å²) in [6.07, 6.45) is 5.83. The molecular weight excluding hydrogens is 428 g/mol. The van der Waals surface area contributed by atoms with E-state index in [-0.39, 0.29) is 42.8 Å². The fourth-order valence-electron chi connectivity index (χ4n) is 5.02. The molecule has 0 aromatic rings. The van der Waals surface area contributed by atoms with Crippen LogP contribution in [0.2, 0.25) is 0 Å². The van der Waals surface area contributed by atoms with Gasteiger partial charge < -0.3 is 24.6 Å². The van der Waals surface area contributed by atoms with Gasteiger partial charge in [-0.25, -0.2) is 0 Å². The molecule has 3 amide bonds. The predicted octanol–water partition coefficient (Wildman–Crippen LogP) is 0.0896. The summed E-state index contributed by atoms with van der Waals surface area (Å²) in [4.78, 5) is 67.1. The van der Waals surface area contributed by atoms with Gasteiger partial charge in [0, 0.05) is 13.1 Å². The maximum absolute atomic E-state index is 13.4. The van der Waals surface area contributed by atoms with Gasteiger partial charge in [-0.05, 0) is 65.5 Å². The summed E-state index contributed by atoms with van der Waals surface area (Å²) in [5, 5.41) is 2.64. The number of carbonyl (C=O) groups excluding carboxylic acids is 5. The van der Waals surface area contributed by atoms with E-state index in [4.69, 9.17) is 4.74 Å². The van der Waals surface area contributed by atoms with Crippen LogP contribution in [0.15, 0.2) is 0 Å². The Kier molecular flexibility index (Phi) is 8.82. The second-order valence-corrected chi connectivity index (χ2v) is 9.28. The Morgan fingerprint density at radius 3 is 2.30 bits per heavy atom. The van der Waals surface area contributed by atoms with Gasteiger partial charge in [0.15, 0.2) is 0 Å². The zero-order valence-corrected chi connectivity index (χ0v) is 19.7. The monoisotopic (exact) mass is 464 g/mol. The number of rotatable bonds is 8. The van der Waals surface area contributed by atoms with Crippen LogP contribution in [-0.4, -0.2) is 102 Å². The van der Waals surface area contributed by atoms with Crippen LogP contribution in [0.4, 0.5) is 0 Å². The number of ether oxygens (including phenoxy) is 1. The minimum atomic E-state index is -0.629. The molecule has 0 saturated carbocycles. The molecule has 3 fully saturated rings. The van der Waals surface area contributed by atoms with Gasteiger partial charge in [0.2, 0.25) is 17.7 Å². The van der Waals surface area contributed by atoms with Crippen molar-refractivity contribution >= 4 is 30.0 Å². The average molecular weight is 465 g/mol. The quantitative estimate of drug-likeness (QED) is 0.400. The molecule has 3 saturated heterocycles. The molecule has 3 aliphatic heterocycles. The van der Waals surface area contributed by atoms with Gasteiger partial charge in [0.05, 0.1) is 12.5 Å². The molecule has 0 aliphatic carbocycles. The Hall–Kier alpha value is -2.49.